The Morgan fingerprint density at radius 3 is 2.61 bits per heavy atom. The molecule has 5 nitrogen and oxygen atoms in total. The van der Waals surface area contributed by atoms with Crippen LogP contribution in [0.4, 0.5) is 10.9 Å². The van der Waals surface area contributed by atoms with E-state index in [1.165, 1.54) is 17.7 Å². The zero-order valence-corrected chi connectivity index (χ0v) is 13.3. The van der Waals surface area contributed by atoms with Crippen LogP contribution in [0.25, 0.3) is 21.5 Å². The number of rotatable bonds is 3. The lowest BCUT2D eigenvalue weighted by molar-refractivity contribution is 1.09. The van der Waals surface area contributed by atoms with Crippen molar-refractivity contribution in [2.45, 2.75) is 0 Å². The van der Waals surface area contributed by atoms with Crippen molar-refractivity contribution >= 4 is 44.8 Å². The second-order valence-corrected chi connectivity index (χ2v) is 6.20. The predicted molar refractivity (Wildman–Crippen MR) is 93.2 cm³/mol. The average molecular weight is 340 g/mol. The topological polar surface area (TPSA) is 63.6 Å². The zero-order chi connectivity index (χ0) is 15.6. The number of aromatic nitrogens is 4. The summed E-state index contributed by atoms with van der Waals surface area (Å²) in [5, 5.41) is 14.8. The van der Waals surface area contributed by atoms with E-state index in [2.05, 4.69) is 25.5 Å². The van der Waals surface area contributed by atoms with Gasteiger partial charge in [0.25, 0.3) is 0 Å². The van der Waals surface area contributed by atoms with Gasteiger partial charge in [-0.2, -0.15) is 0 Å². The summed E-state index contributed by atoms with van der Waals surface area (Å²) in [4.78, 5) is 8.54. The van der Waals surface area contributed by atoms with Crippen LogP contribution >= 0.6 is 22.9 Å². The summed E-state index contributed by atoms with van der Waals surface area (Å²) >= 11 is 7.37. The van der Waals surface area contributed by atoms with Crippen LogP contribution in [-0.4, -0.2) is 20.2 Å². The smallest absolute Gasteiger partial charge is 0.211 e. The number of fused-ring (bicyclic) bond motifs is 1. The first-order valence-electron chi connectivity index (χ1n) is 6.86. The fraction of sp³-hybridized carbons (Fsp3) is 0. The molecular weight excluding hydrogens is 330 g/mol. The number of para-hydroxylation sites is 1. The molecule has 0 spiro atoms. The van der Waals surface area contributed by atoms with E-state index in [4.69, 9.17) is 11.6 Å². The number of hydrogen-bond donors (Lipinski definition) is 1. The third kappa shape index (κ3) is 2.86. The highest BCUT2D eigenvalue weighted by molar-refractivity contribution is 7.18. The molecule has 0 bridgehead atoms. The van der Waals surface area contributed by atoms with Crippen LogP contribution in [0, 0.1) is 0 Å². The Labute approximate surface area is 141 Å². The fourth-order valence-corrected chi connectivity index (χ4v) is 3.06. The first-order valence-corrected chi connectivity index (χ1v) is 8.05. The van der Waals surface area contributed by atoms with Gasteiger partial charge in [-0.1, -0.05) is 47.2 Å². The Kier molecular flexibility index (Phi) is 3.61. The lowest BCUT2D eigenvalue weighted by Crippen LogP contribution is -1.95. The van der Waals surface area contributed by atoms with E-state index < -0.39 is 0 Å². The highest BCUT2D eigenvalue weighted by Crippen LogP contribution is 2.30. The van der Waals surface area contributed by atoms with E-state index in [-0.39, 0.29) is 0 Å². The minimum Gasteiger partial charge on any atom is -0.314 e. The molecule has 0 atom stereocenters. The van der Waals surface area contributed by atoms with Gasteiger partial charge in [-0.15, -0.1) is 10.2 Å². The monoisotopic (exact) mass is 339 g/mol. The zero-order valence-electron chi connectivity index (χ0n) is 11.8. The Morgan fingerprint density at radius 2 is 1.74 bits per heavy atom. The lowest BCUT2D eigenvalue weighted by atomic mass is 10.2. The molecule has 4 aromatic rings. The van der Waals surface area contributed by atoms with E-state index >= 15 is 0 Å². The van der Waals surface area contributed by atoms with Crippen LogP contribution in [0.1, 0.15) is 0 Å². The molecule has 112 valence electrons. The Bertz CT molecular complexity index is 962. The van der Waals surface area contributed by atoms with Gasteiger partial charge in [0, 0.05) is 16.0 Å². The largest absolute Gasteiger partial charge is 0.314 e. The van der Waals surface area contributed by atoms with E-state index in [1.54, 1.807) is 0 Å². The Hall–Kier alpha value is -2.57. The summed E-state index contributed by atoms with van der Waals surface area (Å²) in [6, 6.07) is 15.3. The first kappa shape index (κ1) is 14.0. The quantitative estimate of drug-likeness (QED) is 0.593. The summed E-state index contributed by atoms with van der Waals surface area (Å²) in [7, 11) is 0. The van der Waals surface area contributed by atoms with E-state index in [1.807, 2.05) is 48.5 Å². The summed E-state index contributed by atoms with van der Waals surface area (Å²) in [6.45, 7) is 0. The normalized spacial score (nSPS) is 10.8. The van der Waals surface area contributed by atoms with Crippen molar-refractivity contribution in [3.05, 3.63) is 59.9 Å². The molecule has 2 aromatic carbocycles. The van der Waals surface area contributed by atoms with Crippen molar-refractivity contribution in [3.8, 4) is 10.6 Å². The van der Waals surface area contributed by atoms with Crippen molar-refractivity contribution < 1.29 is 0 Å². The molecular formula is C16H10ClN5S. The van der Waals surface area contributed by atoms with Gasteiger partial charge in [0.05, 0.1) is 5.52 Å². The van der Waals surface area contributed by atoms with Crippen LogP contribution in [-0.2, 0) is 0 Å². The highest BCUT2D eigenvalue weighted by Gasteiger charge is 2.09. The molecule has 0 aliphatic heterocycles. The minimum absolute atomic E-state index is 0.679. The van der Waals surface area contributed by atoms with E-state index in [0.717, 1.165) is 27.3 Å². The number of halogens is 1. The third-order valence-electron chi connectivity index (χ3n) is 3.28. The Morgan fingerprint density at radius 1 is 0.913 bits per heavy atom. The first-order chi connectivity index (χ1) is 11.3. The lowest BCUT2D eigenvalue weighted by Gasteiger charge is -2.04. The van der Waals surface area contributed by atoms with Crippen LogP contribution in [0.3, 0.4) is 0 Å². The summed E-state index contributed by atoms with van der Waals surface area (Å²) < 4.78 is 0. The van der Waals surface area contributed by atoms with Crippen molar-refractivity contribution in [2.75, 3.05) is 5.32 Å². The molecule has 0 saturated heterocycles. The van der Waals surface area contributed by atoms with Gasteiger partial charge in [0.1, 0.15) is 17.2 Å². The SMILES string of the molecule is Clc1ccc(-c2nnc(Nc3ncnc4ccccc34)s2)cc1. The number of anilines is 2. The average Bonchev–Trinajstić information content (AvgIpc) is 3.04. The molecule has 4 rings (SSSR count). The summed E-state index contributed by atoms with van der Waals surface area (Å²) in [5.74, 6) is 0.717. The molecule has 0 saturated carbocycles. The maximum Gasteiger partial charge on any atom is 0.211 e. The second kappa shape index (κ2) is 5.91. The van der Waals surface area contributed by atoms with Gasteiger partial charge in [-0.3, -0.25) is 0 Å². The Balaban J connectivity index is 1.66. The van der Waals surface area contributed by atoms with Crippen LogP contribution in [0.15, 0.2) is 54.9 Å². The van der Waals surface area contributed by atoms with Crippen molar-refractivity contribution in [1.82, 2.24) is 20.2 Å². The molecule has 2 heterocycles. The van der Waals surface area contributed by atoms with E-state index in [0.29, 0.717) is 10.2 Å². The number of nitrogens with zero attached hydrogens (tertiary/aromatic N) is 4. The van der Waals surface area contributed by atoms with Gasteiger partial charge in [-0.05, 0) is 24.3 Å². The van der Waals surface area contributed by atoms with Crippen LogP contribution in [0.5, 0.6) is 0 Å². The van der Waals surface area contributed by atoms with Gasteiger partial charge in [-0.25, -0.2) is 9.97 Å². The maximum atomic E-state index is 5.91. The number of hydrogen-bond acceptors (Lipinski definition) is 6. The van der Waals surface area contributed by atoms with Crippen LogP contribution < -0.4 is 5.32 Å². The van der Waals surface area contributed by atoms with Crippen molar-refractivity contribution in [2.24, 2.45) is 0 Å². The fourth-order valence-electron chi connectivity index (χ4n) is 2.19. The highest BCUT2D eigenvalue weighted by atomic mass is 35.5. The molecule has 0 radical (unpaired) electrons. The predicted octanol–water partition coefficient (Wildman–Crippen LogP) is 4.55. The van der Waals surface area contributed by atoms with Crippen LogP contribution in [0.2, 0.25) is 5.02 Å². The van der Waals surface area contributed by atoms with Gasteiger partial charge < -0.3 is 5.32 Å². The molecule has 0 aliphatic rings. The number of nitrogens with one attached hydrogen (secondary N) is 1. The molecule has 0 aliphatic carbocycles. The van der Waals surface area contributed by atoms with Crippen molar-refractivity contribution in [3.63, 3.8) is 0 Å². The molecule has 7 heteroatoms. The van der Waals surface area contributed by atoms with Crippen molar-refractivity contribution in [1.29, 1.82) is 0 Å². The summed E-state index contributed by atoms with van der Waals surface area (Å²) in [5.41, 5.74) is 1.86. The third-order valence-corrected chi connectivity index (χ3v) is 4.42. The molecule has 23 heavy (non-hydrogen) atoms. The molecule has 2 aromatic heterocycles. The standard InChI is InChI=1S/C16H10ClN5S/c17-11-7-5-10(6-8-11)15-21-22-16(23-15)20-14-12-3-1-2-4-13(12)18-9-19-14/h1-9H,(H,18,19,20,22). The minimum atomic E-state index is 0.679. The molecule has 0 fully saturated rings. The number of benzene rings is 2. The molecule has 1 N–H and O–H groups in total. The van der Waals surface area contributed by atoms with Gasteiger partial charge >= 0.3 is 0 Å². The second-order valence-electron chi connectivity index (χ2n) is 4.78. The van der Waals surface area contributed by atoms with Gasteiger partial charge in [0.2, 0.25) is 5.13 Å². The summed E-state index contributed by atoms with van der Waals surface area (Å²) in [6.07, 6.45) is 1.53. The molecule has 0 unspecified atom stereocenters. The van der Waals surface area contributed by atoms with E-state index in [9.17, 15) is 0 Å². The maximum absolute atomic E-state index is 5.91. The molecule has 0 amide bonds. The van der Waals surface area contributed by atoms with Gasteiger partial charge in [0.15, 0.2) is 0 Å².